The molecule has 0 atom stereocenters. The van der Waals surface area contributed by atoms with Crippen LogP contribution in [0.2, 0.25) is 0 Å². The first-order valence-electron chi connectivity index (χ1n) is 6.73. The van der Waals surface area contributed by atoms with E-state index in [1.165, 1.54) is 0 Å². The Hall–Kier alpha value is -1.36. The molecule has 0 bridgehead atoms. The summed E-state index contributed by atoms with van der Waals surface area (Å²) in [5.74, 6) is 0.620. The molecule has 0 aliphatic carbocycles. The summed E-state index contributed by atoms with van der Waals surface area (Å²) in [6.07, 6.45) is 5.58. The zero-order valence-electron chi connectivity index (χ0n) is 12.4. The Bertz CT molecular complexity index is 474. The van der Waals surface area contributed by atoms with E-state index in [4.69, 9.17) is 4.74 Å². The van der Waals surface area contributed by atoms with Crippen molar-refractivity contribution < 1.29 is 4.74 Å². The minimum atomic E-state index is 0.620. The lowest BCUT2D eigenvalue weighted by Crippen LogP contribution is -2.14. The van der Waals surface area contributed by atoms with Crippen molar-refractivity contribution in [1.29, 1.82) is 0 Å². The maximum absolute atomic E-state index is 5.65. The molecule has 20 heavy (non-hydrogen) atoms. The minimum Gasteiger partial charge on any atom is -0.477 e. The van der Waals surface area contributed by atoms with Crippen molar-refractivity contribution in [1.82, 2.24) is 9.88 Å². The second-order valence-corrected chi connectivity index (χ2v) is 5.33. The Morgan fingerprint density at radius 3 is 2.95 bits per heavy atom. The van der Waals surface area contributed by atoms with Crippen molar-refractivity contribution in [2.24, 2.45) is 4.99 Å². The van der Waals surface area contributed by atoms with Crippen LogP contribution in [0.4, 0.5) is 5.69 Å². The third kappa shape index (κ3) is 5.33. The number of allylic oxidation sites excluding steroid dienone is 1. The van der Waals surface area contributed by atoms with Gasteiger partial charge >= 0.3 is 0 Å². The van der Waals surface area contributed by atoms with Crippen LogP contribution in [0.1, 0.15) is 25.5 Å². The van der Waals surface area contributed by atoms with Gasteiger partial charge in [-0.3, -0.25) is 0 Å². The van der Waals surface area contributed by atoms with E-state index < -0.39 is 0 Å². The molecule has 0 aliphatic heterocycles. The molecule has 0 aliphatic rings. The summed E-state index contributed by atoms with van der Waals surface area (Å²) < 4.78 is 6.48. The smallest absolute Gasteiger partial charge is 0.228 e. The molecule has 5 heteroatoms. The van der Waals surface area contributed by atoms with E-state index in [0.29, 0.717) is 12.5 Å². The normalized spacial score (nSPS) is 10.8. The van der Waals surface area contributed by atoms with Crippen LogP contribution >= 0.6 is 15.9 Å². The molecular weight excluding hydrogens is 318 g/mol. The van der Waals surface area contributed by atoms with Crippen LogP contribution in [0.15, 0.2) is 28.2 Å². The quantitative estimate of drug-likeness (QED) is 0.309. The molecule has 0 aromatic carbocycles. The van der Waals surface area contributed by atoms with Crippen LogP contribution in [-0.4, -0.2) is 36.4 Å². The number of aryl methyl sites for hydroxylation is 1. The molecule has 110 valence electrons. The van der Waals surface area contributed by atoms with Gasteiger partial charge in [-0.2, -0.15) is 0 Å². The zero-order valence-corrected chi connectivity index (χ0v) is 14.0. The molecule has 0 N–H and O–H groups in total. The Kier molecular flexibility index (Phi) is 7.30. The number of pyridine rings is 1. The number of rotatable bonds is 8. The number of aliphatic imine (C=N–C) groups is 1. The maximum atomic E-state index is 5.65. The van der Waals surface area contributed by atoms with Gasteiger partial charge in [-0.1, -0.05) is 6.08 Å². The molecule has 1 heterocycles. The summed E-state index contributed by atoms with van der Waals surface area (Å²) >= 11 is 3.48. The van der Waals surface area contributed by atoms with Crippen molar-refractivity contribution >= 4 is 28.0 Å². The van der Waals surface area contributed by atoms with E-state index in [1.807, 2.05) is 31.0 Å². The van der Waals surface area contributed by atoms with Gasteiger partial charge in [0.05, 0.1) is 28.8 Å². The molecule has 1 aromatic rings. The average Bonchev–Trinajstić information content (AvgIpc) is 2.44. The Balaban J connectivity index is 2.75. The molecule has 0 amide bonds. The predicted molar refractivity (Wildman–Crippen MR) is 88.1 cm³/mol. The van der Waals surface area contributed by atoms with Crippen molar-refractivity contribution in [3.05, 3.63) is 28.9 Å². The summed E-state index contributed by atoms with van der Waals surface area (Å²) in [4.78, 5) is 10.9. The lowest BCUT2D eigenvalue weighted by molar-refractivity contribution is 0.298. The fourth-order valence-electron chi connectivity index (χ4n) is 1.42. The second kappa shape index (κ2) is 8.74. The van der Waals surface area contributed by atoms with Crippen LogP contribution < -0.4 is 4.74 Å². The van der Waals surface area contributed by atoms with E-state index in [1.54, 1.807) is 6.34 Å². The molecule has 0 fully saturated rings. The number of halogens is 1. The van der Waals surface area contributed by atoms with Gasteiger partial charge in [-0.05, 0) is 48.7 Å². The van der Waals surface area contributed by atoms with Gasteiger partial charge in [0.15, 0.2) is 0 Å². The Morgan fingerprint density at radius 2 is 2.30 bits per heavy atom. The van der Waals surface area contributed by atoms with E-state index >= 15 is 0 Å². The third-order valence-electron chi connectivity index (χ3n) is 2.79. The zero-order chi connectivity index (χ0) is 15.0. The fourth-order valence-corrected chi connectivity index (χ4v) is 1.84. The first-order valence-corrected chi connectivity index (χ1v) is 7.53. The van der Waals surface area contributed by atoms with Crippen molar-refractivity contribution in [2.75, 3.05) is 20.2 Å². The van der Waals surface area contributed by atoms with Gasteiger partial charge in [-0.15, -0.1) is 6.58 Å². The monoisotopic (exact) mass is 339 g/mol. The summed E-state index contributed by atoms with van der Waals surface area (Å²) in [6.45, 7) is 9.25. The standard InChI is InChI=1S/C15H22BrN3O/c1-5-7-8-9-20-15-13(16)10-14(12(3)18-15)17-11-19(4)6-2/h5,10-11H,1,6-9H2,2-4H3/b17-11+. The van der Waals surface area contributed by atoms with Crippen LogP contribution in [0, 0.1) is 6.92 Å². The van der Waals surface area contributed by atoms with E-state index in [2.05, 4.69) is 39.4 Å². The summed E-state index contributed by atoms with van der Waals surface area (Å²) in [6, 6.07) is 1.94. The van der Waals surface area contributed by atoms with Crippen molar-refractivity contribution in [3.63, 3.8) is 0 Å². The first-order chi connectivity index (χ1) is 9.58. The number of hydrogen-bond donors (Lipinski definition) is 0. The fraction of sp³-hybridized carbons (Fsp3) is 0.467. The highest BCUT2D eigenvalue weighted by molar-refractivity contribution is 9.10. The summed E-state index contributed by atoms with van der Waals surface area (Å²) in [7, 11) is 1.98. The third-order valence-corrected chi connectivity index (χ3v) is 3.36. The summed E-state index contributed by atoms with van der Waals surface area (Å²) in [5.41, 5.74) is 1.70. The highest BCUT2D eigenvalue weighted by Gasteiger charge is 2.08. The minimum absolute atomic E-state index is 0.620. The van der Waals surface area contributed by atoms with Crippen molar-refractivity contribution in [3.8, 4) is 5.88 Å². The van der Waals surface area contributed by atoms with E-state index in [-0.39, 0.29) is 0 Å². The van der Waals surface area contributed by atoms with Crippen LogP contribution in [0.25, 0.3) is 0 Å². The van der Waals surface area contributed by atoms with Crippen molar-refractivity contribution in [2.45, 2.75) is 26.7 Å². The maximum Gasteiger partial charge on any atom is 0.228 e. The summed E-state index contributed by atoms with van der Waals surface area (Å²) in [5, 5.41) is 0. The number of aromatic nitrogens is 1. The topological polar surface area (TPSA) is 37.7 Å². The highest BCUT2D eigenvalue weighted by Crippen LogP contribution is 2.29. The number of nitrogens with zero attached hydrogens (tertiary/aromatic N) is 3. The van der Waals surface area contributed by atoms with Crippen LogP contribution in [-0.2, 0) is 0 Å². The van der Waals surface area contributed by atoms with Gasteiger partial charge in [0.1, 0.15) is 0 Å². The molecule has 0 radical (unpaired) electrons. The molecular formula is C15H22BrN3O. The molecule has 0 spiro atoms. The molecule has 0 saturated carbocycles. The van der Waals surface area contributed by atoms with Gasteiger partial charge in [0.2, 0.25) is 5.88 Å². The SMILES string of the molecule is C=CCCCOc1nc(C)c(/N=C/N(C)CC)cc1Br. The van der Waals surface area contributed by atoms with E-state index in [9.17, 15) is 0 Å². The van der Waals surface area contributed by atoms with Crippen LogP contribution in [0.5, 0.6) is 5.88 Å². The number of ether oxygens (including phenoxy) is 1. The molecule has 0 saturated heterocycles. The Morgan fingerprint density at radius 1 is 1.55 bits per heavy atom. The number of unbranched alkanes of at least 4 members (excludes halogenated alkanes) is 1. The largest absolute Gasteiger partial charge is 0.477 e. The first kappa shape index (κ1) is 16.7. The molecule has 0 unspecified atom stereocenters. The predicted octanol–water partition coefficient (Wildman–Crippen LogP) is 4.11. The van der Waals surface area contributed by atoms with Gasteiger partial charge in [0.25, 0.3) is 0 Å². The van der Waals surface area contributed by atoms with Gasteiger partial charge in [0, 0.05) is 13.6 Å². The highest BCUT2D eigenvalue weighted by atomic mass is 79.9. The average molecular weight is 340 g/mol. The van der Waals surface area contributed by atoms with Gasteiger partial charge in [-0.25, -0.2) is 9.98 Å². The lowest BCUT2D eigenvalue weighted by atomic mass is 10.3. The molecule has 4 nitrogen and oxygen atoms in total. The van der Waals surface area contributed by atoms with E-state index in [0.717, 1.165) is 35.2 Å². The number of hydrogen-bond acceptors (Lipinski definition) is 3. The molecule has 1 rings (SSSR count). The van der Waals surface area contributed by atoms with Crippen LogP contribution in [0.3, 0.4) is 0 Å². The second-order valence-electron chi connectivity index (χ2n) is 4.48. The lowest BCUT2D eigenvalue weighted by Gasteiger charge is -2.11. The molecule has 1 aromatic heterocycles. The Labute approximate surface area is 129 Å². The van der Waals surface area contributed by atoms with Gasteiger partial charge < -0.3 is 9.64 Å².